The third kappa shape index (κ3) is 39.7. The number of carbonyl (C=O) groups excluding carboxylic acids is 2. The molecule has 0 aliphatic heterocycles. The normalized spacial score (nSPS) is 14.4. The van der Waals surface area contributed by atoms with Gasteiger partial charge in [0, 0.05) is 12.8 Å². The highest BCUT2D eigenvalue weighted by Gasteiger charge is 2.28. The summed E-state index contributed by atoms with van der Waals surface area (Å²) in [5.41, 5.74) is 0. The number of aliphatic hydroxyl groups is 1. The number of nitrogens with one attached hydrogen (secondary N) is 1. The molecule has 12 heteroatoms. The van der Waals surface area contributed by atoms with Crippen molar-refractivity contribution < 1.29 is 47.8 Å². The molecule has 11 nitrogen and oxygen atoms in total. The average molecular weight is 836 g/mol. The SMILES string of the molecule is CCCCC/C=C\C/C=C\C/C=C\C/C=C\CCCCCC(=O)NC(COP(=O)(O)OCC(O)COC(=O)CCCCCCC/C=C\C/C=C\CCCCC)C(=O)O. The third-order valence-corrected chi connectivity index (χ3v) is 9.92. The Morgan fingerprint density at radius 1 is 0.552 bits per heavy atom. The van der Waals surface area contributed by atoms with E-state index in [9.17, 15) is 34.1 Å². The molecule has 58 heavy (non-hydrogen) atoms. The monoisotopic (exact) mass is 836 g/mol. The van der Waals surface area contributed by atoms with E-state index < -0.39 is 57.6 Å². The molecule has 0 aromatic carbocycles. The first kappa shape index (κ1) is 54.9. The number of aliphatic hydroxyl groups excluding tert-OH is 1. The van der Waals surface area contributed by atoms with Crippen molar-refractivity contribution in [3.63, 3.8) is 0 Å². The standard InChI is InChI=1S/C46H78NO10P/c1-3-5-7-9-11-13-15-17-19-20-21-22-24-25-27-29-31-33-35-37-44(49)47-43(46(51)52)41-57-58(53,54)56-40-42(48)39-55-45(50)38-36-34-32-30-28-26-23-18-16-14-12-10-8-6-4-2/h11-14,17-19,21-23,25,27,42-43,48H,3-10,15-16,20,24,26,28-41H2,1-2H3,(H,47,49)(H,51,52)(H,53,54)/b13-11-,14-12-,19-17-,22-21-,23-18-,27-25-. The van der Waals surface area contributed by atoms with Crippen LogP contribution in [0.15, 0.2) is 72.9 Å². The van der Waals surface area contributed by atoms with E-state index in [0.717, 1.165) is 89.9 Å². The van der Waals surface area contributed by atoms with Crippen LogP contribution in [0, 0.1) is 0 Å². The quantitative estimate of drug-likeness (QED) is 0.0202. The first-order chi connectivity index (χ1) is 28.1. The smallest absolute Gasteiger partial charge is 0.472 e. The van der Waals surface area contributed by atoms with Gasteiger partial charge in [0.25, 0.3) is 0 Å². The van der Waals surface area contributed by atoms with E-state index in [2.05, 4.69) is 92.1 Å². The van der Waals surface area contributed by atoms with Crippen molar-refractivity contribution in [3.8, 4) is 0 Å². The van der Waals surface area contributed by atoms with Gasteiger partial charge >= 0.3 is 19.8 Å². The topological polar surface area (TPSA) is 169 Å². The van der Waals surface area contributed by atoms with Crippen LogP contribution in [0.1, 0.15) is 168 Å². The van der Waals surface area contributed by atoms with E-state index in [-0.39, 0.29) is 12.8 Å². The van der Waals surface area contributed by atoms with Crippen LogP contribution >= 0.6 is 7.82 Å². The number of ether oxygens (including phenoxy) is 1. The van der Waals surface area contributed by atoms with Crippen LogP contribution in [0.2, 0.25) is 0 Å². The summed E-state index contributed by atoms with van der Waals surface area (Å²) in [6.07, 6.45) is 47.8. The van der Waals surface area contributed by atoms with E-state index in [1.807, 2.05) is 0 Å². The van der Waals surface area contributed by atoms with Gasteiger partial charge in [-0.25, -0.2) is 9.36 Å². The molecule has 332 valence electrons. The molecule has 0 fully saturated rings. The molecule has 0 bridgehead atoms. The minimum absolute atomic E-state index is 0.103. The van der Waals surface area contributed by atoms with Crippen LogP contribution in [0.3, 0.4) is 0 Å². The molecule has 0 saturated carbocycles. The number of esters is 1. The van der Waals surface area contributed by atoms with Crippen molar-refractivity contribution >= 4 is 25.7 Å². The largest absolute Gasteiger partial charge is 0.480 e. The molecule has 1 amide bonds. The Labute approximate surface area is 350 Å². The summed E-state index contributed by atoms with van der Waals surface area (Å²) in [6.45, 7) is 2.49. The predicted molar refractivity (Wildman–Crippen MR) is 235 cm³/mol. The Balaban J connectivity index is 4.00. The van der Waals surface area contributed by atoms with Crippen LogP contribution in [-0.2, 0) is 32.7 Å². The van der Waals surface area contributed by atoms with E-state index in [1.54, 1.807) is 0 Å². The second kappa shape index (κ2) is 40.7. The van der Waals surface area contributed by atoms with Crippen molar-refractivity contribution in [2.75, 3.05) is 19.8 Å². The molecule has 3 unspecified atom stereocenters. The maximum atomic E-state index is 12.3. The van der Waals surface area contributed by atoms with Crippen LogP contribution in [0.5, 0.6) is 0 Å². The Kier molecular flexibility index (Phi) is 38.5. The van der Waals surface area contributed by atoms with Gasteiger partial charge in [-0.1, -0.05) is 138 Å². The minimum atomic E-state index is -4.77. The average Bonchev–Trinajstić information content (AvgIpc) is 3.20. The zero-order valence-corrected chi connectivity index (χ0v) is 36.7. The molecular weight excluding hydrogens is 757 g/mol. The van der Waals surface area contributed by atoms with Crippen LogP contribution in [0.4, 0.5) is 0 Å². The summed E-state index contributed by atoms with van der Waals surface area (Å²) >= 11 is 0. The predicted octanol–water partition coefficient (Wildman–Crippen LogP) is 11.3. The van der Waals surface area contributed by atoms with Crippen LogP contribution in [0.25, 0.3) is 0 Å². The lowest BCUT2D eigenvalue weighted by Crippen LogP contribution is -2.43. The van der Waals surface area contributed by atoms with Gasteiger partial charge in [0.05, 0.1) is 13.2 Å². The highest BCUT2D eigenvalue weighted by atomic mass is 31.2. The fourth-order valence-corrected chi connectivity index (χ4v) is 6.28. The van der Waals surface area contributed by atoms with Crippen molar-refractivity contribution in [2.45, 2.75) is 180 Å². The van der Waals surface area contributed by atoms with Gasteiger partial charge in [-0.3, -0.25) is 18.6 Å². The van der Waals surface area contributed by atoms with E-state index in [1.165, 1.54) is 38.5 Å². The van der Waals surface area contributed by atoms with Crippen LogP contribution in [-0.4, -0.2) is 64.9 Å². The Hall–Kier alpha value is -3.08. The molecule has 0 heterocycles. The highest BCUT2D eigenvalue weighted by Crippen LogP contribution is 2.43. The first-order valence-corrected chi connectivity index (χ1v) is 23.5. The van der Waals surface area contributed by atoms with Crippen molar-refractivity contribution in [2.24, 2.45) is 0 Å². The van der Waals surface area contributed by atoms with Crippen molar-refractivity contribution in [1.82, 2.24) is 5.32 Å². The number of rotatable bonds is 40. The summed E-state index contributed by atoms with van der Waals surface area (Å²) < 4.78 is 26.8. The molecule has 0 aromatic rings. The summed E-state index contributed by atoms with van der Waals surface area (Å²) in [5.74, 6) is -2.44. The Morgan fingerprint density at radius 3 is 1.43 bits per heavy atom. The number of hydrogen-bond acceptors (Lipinski definition) is 8. The van der Waals surface area contributed by atoms with Gasteiger partial charge in [0.1, 0.15) is 12.7 Å². The van der Waals surface area contributed by atoms with Gasteiger partial charge < -0.3 is 25.2 Å². The number of phosphoric acid groups is 1. The second-order valence-corrected chi connectivity index (χ2v) is 16.0. The molecular formula is C46H78NO10P. The van der Waals surface area contributed by atoms with E-state index in [4.69, 9.17) is 13.8 Å². The Bertz CT molecular complexity index is 1260. The number of amides is 1. The lowest BCUT2D eigenvalue weighted by Gasteiger charge is -2.18. The number of hydrogen-bond donors (Lipinski definition) is 4. The lowest BCUT2D eigenvalue weighted by molar-refractivity contribution is -0.147. The summed E-state index contributed by atoms with van der Waals surface area (Å²) in [5, 5.41) is 21.8. The van der Waals surface area contributed by atoms with Gasteiger partial charge in [-0.15, -0.1) is 0 Å². The fourth-order valence-electron chi connectivity index (χ4n) is 5.50. The van der Waals surface area contributed by atoms with E-state index in [0.29, 0.717) is 12.8 Å². The number of carboxylic acid groups (broad SMARTS) is 1. The Morgan fingerprint density at radius 2 is 0.948 bits per heavy atom. The third-order valence-electron chi connectivity index (χ3n) is 8.97. The van der Waals surface area contributed by atoms with Gasteiger partial charge in [-0.2, -0.15) is 0 Å². The van der Waals surface area contributed by atoms with Crippen molar-refractivity contribution in [1.29, 1.82) is 0 Å². The molecule has 4 N–H and O–H groups in total. The number of unbranched alkanes of at least 4 members (excludes halogenated alkanes) is 14. The molecule has 0 aliphatic rings. The molecule has 0 aliphatic carbocycles. The second-order valence-electron chi connectivity index (χ2n) is 14.5. The number of carbonyl (C=O) groups is 3. The zero-order valence-electron chi connectivity index (χ0n) is 35.8. The molecule has 0 spiro atoms. The molecule has 0 rings (SSSR count). The van der Waals surface area contributed by atoms with Gasteiger partial charge in [-0.05, 0) is 89.9 Å². The number of allylic oxidation sites excluding steroid dienone is 12. The molecule has 0 aromatic heterocycles. The molecule has 0 saturated heterocycles. The number of phosphoric ester groups is 1. The maximum Gasteiger partial charge on any atom is 0.472 e. The molecule has 0 radical (unpaired) electrons. The zero-order chi connectivity index (χ0) is 42.8. The summed E-state index contributed by atoms with van der Waals surface area (Å²) in [4.78, 5) is 45.9. The van der Waals surface area contributed by atoms with Gasteiger partial charge in [0.2, 0.25) is 5.91 Å². The lowest BCUT2D eigenvalue weighted by atomic mass is 10.1. The number of aliphatic carboxylic acids is 1. The summed E-state index contributed by atoms with van der Waals surface area (Å²) in [6, 6.07) is -1.57. The summed E-state index contributed by atoms with van der Waals surface area (Å²) in [7, 11) is -4.77. The van der Waals surface area contributed by atoms with E-state index >= 15 is 0 Å². The van der Waals surface area contributed by atoms with Crippen molar-refractivity contribution in [3.05, 3.63) is 72.9 Å². The first-order valence-electron chi connectivity index (χ1n) is 22.0. The highest BCUT2D eigenvalue weighted by molar-refractivity contribution is 7.47. The molecule has 3 atom stereocenters. The van der Waals surface area contributed by atoms with Crippen LogP contribution < -0.4 is 5.32 Å². The fraction of sp³-hybridized carbons (Fsp3) is 0.674. The minimum Gasteiger partial charge on any atom is -0.480 e. The maximum absolute atomic E-state index is 12.3. The number of carboxylic acids is 1. The van der Waals surface area contributed by atoms with Gasteiger partial charge in [0.15, 0.2) is 6.04 Å².